The van der Waals surface area contributed by atoms with E-state index < -0.39 is 0 Å². The van der Waals surface area contributed by atoms with E-state index in [0.717, 1.165) is 46.2 Å². The van der Waals surface area contributed by atoms with Gasteiger partial charge in [0.1, 0.15) is 18.2 Å². The molecule has 0 aliphatic rings. The number of nitrogens with zero attached hydrogens (tertiary/aromatic N) is 1. The van der Waals surface area contributed by atoms with Crippen molar-refractivity contribution in [2.45, 2.75) is 0 Å². The number of likely N-dealkylation sites (N-methyl/N-ethyl adjacent to an activating group) is 1. The van der Waals surface area contributed by atoms with Gasteiger partial charge in [-0.25, -0.2) is 4.98 Å². The van der Waals surface area contributed by atoms with Crippen LogP contribution in [0.2, 0.25) is 0 Å². The number of ether oxygens (including phenoxy) is 1. The van der Waals surface area contributed by atoms with Crippen LogP contribution in [0, 0.1) is 0 Å². The molecule has 3 aromatic carbocycles. The molecule has 4 nitrogen and oxygen atoms in total. The second kappa shape index (κ2) is 8.55. The monoisotopic (exact) mass is 369 g/mol. The Morgan fingerprint density at radius 1 is 0.821 bits per heavy atom. The van der Waals surface area contributed by atoms with Crippen molar-refractivity contribution in [2.75, 3.05) is 20.2 Å². The molecular weight excluding hydrogens is 346 g/mol. The maximum absolute atomic E-state index is 5.97. The SMILES string of the molecule is CNCCOc1ccccc1-c1nc(-c2ccccc2)c(-c2ccccc2)[nH]1. The van der Waals surface area contributed by atoms with Crippen LogP contribution in [0.4, 0.5) is 0 Å². The minimum Gasteiger partial charge on any atom is -0.491 e. The van der Waals surface area contributed by atoms with E-state index in [0.29, 0.717) is 6.61 Å². The molecule has 0 aliphatic heterocycles. The van der Waals surface area contributed by atoms with E-state index in [1.165, 1.54) is 0 Å². The van der Waals surface area contributed by atoms with Gasteiger partial charge in [-0.2, -0.15) is 0 Å². The fraction of sp³-hybridized carbons (Fsp3) is 0.125. The molecule has 2 N–H and O–H groups in total. The molecule has 0 saturated heterocycles. The lowest BCUT2D eigenvalue weighted by Gasteiger charge is -2.09. The molecule has 28 heavy (non-hydrogen) atoms. The summed E-state index contributed by atoms with van der Waals surface area (Å²) in [6.45, 7) is 1.39. The molecule has 1 aromatic heterocycles. The summed E-state index contributed by atoms with van der Waals surface area (Å²) < 4.78 is 5.97. The van der Waals surface area contributed by atoms with Crippen molar-refractivity contribution in [3.8, 4) is 39.7 Å². The fourth-order valence-corrected chi connectivity index (χ4v) is 3.17. The van der Waals surface area contributed by atoms with Crippen molar-refractivity contribution >= 4 is 0 Å². The largest absolute Gasteiger partial charge is 0.491 e. The van der Waals surface area contributed by atoms with Crippen LogP contribution in [0.5, 0.6) is 5.75 Å². The van der Waals surface area contributed by atoms with Crippen LogP contribution >= 0.6 is 0 Å². The highest BCUT2D eigenvalue weighted by molar-refractivity contribution is 5.82. The first-order valence-electron chi connectivity index (χ1n) is 9.44. The highest BCUT2D eigenvalue weighted by Crippen LogP contribution is 2.35. The zero-order chi connectivity index (χ0) is 19.2. The summed E-state index contributed by atoms with van der Waals surface area (Å²) in [5, 5.41) is 3.10. The Morgan fingerprint density at radius 2 is 1.46 bits per heavy atom. The van der Waals surface area contributed by atoms with Crippen molar-refractivity contribution in [1.29, 1.82) is 0 Å². The van der Waals surface area contributed by atoms with Crippen LogP contribution in [0.15, 0.2) is 84.9 Å². The fourth-order valence-electron chi connectivity index (χ4n) is 3.17. The average Bonchev–Trinajstić information content (AvgIpc) is 3.21. The molecule has 0 fully saturated rings. The van der Waals surface area contributed by atoms with Gasteiger partial charge in [-0.15, -0.1) is 0 Å². The lowest BCUT2D eigenvalue weighted by atomic mass is 10.1. The maximum atomic E-state index is 5.97. The molecule has 4 heteroatoms. The van der Waals surface area contributed by atoms with Crippen molar-refractivity contribution in [3.05, 3.63) is 84.9 Å². The number of para-hydroxylation sites is 1. The third kappa shape index (κ3) is 3.82. The molecule has 1 heterocycles. The topological polar surface area (TPSA) is 49.9 Å². The molecule has 4 rings (SSSR count). The van der Waals surface area contributed by atoms with Gasteiger partial charge in [0.2, 0.25) is 0 Å². The van der Waals surface area contributed by atoms with Crippen LogP contribution in [0.3, 0.4) is 0 Å². The molecule has 0 atom stereocenters. The minimum absolute atomic E-state index is 0.602. The van der Waals surface area contributed by atoms with Gasteiger partial charge in [0.05, 0.1) is 17.0 Å². The highest BCUT2D eigenvalue weighted by Gasteiger charge is 2.17. The van der Waals surface area contributed by atoms with Crippen LogP contribution < -0.4 is 10.1 Å². The molecular formula is C24H23N3O. The van der Waals surface area contributed by atoms with Gasteiger partial charge in [0.15, 0.2) is 0 Å². The van der Waals surface area contributed by atoms with E-state index in [-0.39, 0.29) is 0 Å². The molecule has 140 valence electrons. The number of aromatic nitrogens is 2. The van der Waals surface area contributed by atoms with E-state index in [1.807, 2.05) is 67.7 Å². The van der Waals surface area contributed by atoms with Crippen molar-refractivity contribution in [2.24, 2.45) is 0 Å². The first kappa shape index (κ1) is 18.0. The molecule has 4 aromatic rings. The Morgan fingerprint density at radius 3 is 2.18 bits per heavy atom. The third-order valence-electron chi connectivity index (χ3n) is 4.57. The summed E-state index contributed by atoms with van der Waals surface area (Å²) in [5.74, 6) is 1.63. The number of benzene rings is 3. The zero-order valence-electron chi connectivity index (χ0n) is 15.9. The van der Waals surface area contributed by atoms with Crippen LogP contribution in [-0.4, -0.2) is 30.2 Å². The Bertz CT molecular complexity index is 969. The summed E-state index contributed by atoms with van der Waals surface area (Å²) in [7, 11) is 1.92. The van der Waals surface area contributed by atoms with Gasteiger partial charge < -0.3 is 15.0 Å². The lowest BCUT2D eigenvalue weighted by Crippen LogP contribution is -2.16. The molecule has 0 aliphatic carbocycles. The summed E-state index contributed by atoms with van der Waals surface area (Å²) in [4.78, 5) is 8.50. The number of H-pyrrole nitrogens is 1. The van der Waals surface area contributed by atoms with E-state index in [2.05, 4.69) is 34.6 Å². The second-order valence-corrected chi connectivity index (χ2v) is 6.49. The summed E-state index contributed by atoms with van der Waals surface area (Å²) in [5.41, 5.74) is 5.09. The average molecular weight is 369 g/mol. The number of hydrogen-bond donors (Lipinski definition) is 2. The van der Waals surface area contributed by atoms with Gasteiger partial charge in [-0.3, -0.25) is 0 Å². The Kier molecular flexibility index (Phi) is 5.50. The number of nitrogens with one attached hydrogen (secondary N) is 2. The molecule has 0 bridgehead atoms. The van der Waals surface area contributed by atoms with E-state index >= 15 is 0 Å². The maximum Gasteiger partial charge on any atom is 0.142 e. The number of rotatable bonds is 7. The molecule has 0 spiro atoms. The lowest BCUT2D eigenvalue weighted by molar-refractivity contribution is 0.319. The number of imidazole rings is 1. The van der Waals surface area contributed by atoms with E-state index in [4.69, 9.17) is 9.72 Å². The van der Waals surface area contributed by atoms with Crippen LogP contribution in [-0.2, 0) is 0 Å². The third-order valence-corrected chi connectivity index (χ3v) is 4.57. The molecule has 0 radical (unpaired) electrons. The van der Waals surface area contributed by atoms with Gasteiger partial charge in [-0.1, -0.05) is 72.8 Å². The number of aromatic amines is 1. The minimum atomic E-state index is 0.602. The van der Waals surface area contributed by atoms with Gasteiger partial charge >= 0.3 is 0 Å². The van der Waals surface area contributed by atoms with Gasteiger partial charge in [-0.05, 0) is 19.2 Å². The van der Waals surface area contributed by atoms with Crippen molar-refractivity contribution in [1.82, 2.24) is 15.3 Å². The molecule has 0 unspecified atom stereocenters. The smallest absolute Gasteiger partial charge is 0.142 e. The van der Waals surface area contributed by atoms with Crippen molar-refractivity contribution < 1.29 is 4.74 Å². The normalized spacial score (nSPS) is 10.8. The summed E-state index contributed by atoms with van der Waals surface area (Å²) >= 11 is 0. The van der Waals surface area contributed by atoms with Crippen LogP contribution in [0.25, 0.3) is 33.9 Å². The van der Waals surface area contributed by atoms with Gasteiger partial charge in [0.25, 0.3) is 0 Å². The standard InChI is InChI=1S/C24H23N3O/c1-25-16-17-28-21-15-9-8-14-20(21)24-26-22(18-10-4-2-5-11-18)23(27-24)19-12-6-3-7-13-19/h2-15,25H,16-17H2,1H3,(H,26,27). The Labute approximate surface area is 165 Å². The van der Waals surface area contributed by atoms with Crippen molar-refractivity contribution in [3.63, 3.8) is 0 Å². The predicted molar refractivity (Wildman–Crippen MR) is 114 cm³/mol. The van der Waals surface area contributed by atoms with Crippen LogP contribution in [0.1, 0.15) is 0 Å². The predicted octanol–water partition coefficient (Wildman–Crippen LogP) is 5.01. The van der Waals surface area contributed by atoms with Gasteiger partial charge in [0, 0.05) is 17.7 Å². The summed E-state index contributed by atoms with van der Waals surface area (Å²) in [6, 6.07) is 28.6. The van der Waals surface area contributed by atoms with E-state index in [9.17, 15) is 0 Å². The summed E-state index contributed by atoms with van der Waals surface area (Å²) in [6.07, 6.45) is 0. The Hall–Kier alpha value is -3.37. The first-order valence-corrected chi connectivity index (χ1v) is 9.44. The highest BCUT2D eigenvalue weighted by atomic mass is 16.5. The molecule has 0 amide bonds. The first-order chi connectivity index (χ1) is 13.9. The zero-order valence-corrected chi connectivity index (χ0v) is 15.9. The quantitative estimate of drug-likeness (QED) is 0.450. The second-order valence-electron chi connectivity index (χ2n) is 6.49. The Balaban J connectivity index is 1.81. The number of hydrogen-bond acceptors (Lipinski definition) is 3. The molecule has 0 saturated carbocycles. The van der Waals surface area contributed by atoms with E-state index in [1.54, 1.807) is 0 Å².